The largest absolute Gasteiger partial charge is 0.478 e. The SMILES string of the molecule is CCN(CC(F)(F)F)c1c(C)cccc1C(=O)O. The van der Waals surface area contributed by atoms with Gasteiger partial charge in [0.1, 0.15) is 6.54 Å². The second-order valence-corrected chi connectivity index (χ2v) is 3.91. The third-order valence-electron chi connectivity index (χ3n) is 2.54. The van der Waals surface area contributed by atoms with Crippen LogP contribution >= 0.6 is 0 Å². The zero-order valence-corrected chi connectivity index (χ0v) is 10.1. The summed E-state index contributed by atoms with van der Waals surface area (Å²) in [6.07, 6.45) is -4.37. The van der Waals surface area contributed by atoms with Crippen LogP contribution in [0.15, 0.2) is 18.2 Å². The van der Waals surface area contributed by atoms with Gasteiger partial charge in [0.05, 0.1) is 11.3 Å². The van der Waals surface area contributed by atoms with Crippen molar-refractivity contribution < 1.29 is 23.1 Å². The molecule has 1 aromatic rings. The third kappa shape index (κ3) is 3.38. The van der Waals surface area contributed by atoms with E-state index in [1.54, 1.807) is 19.9 Å². The van der Waals surface area contributed by atoms with Crippen LogP contribution in [-0.2, 0) is 0 Å². The molecule has 100 valence electrons. The Hall–Kier alpha value is -1.72. The Balaban J connectivity index is 3.24. The fourth-order valence-corrected chi connectivity index (χ4v) is 1.82. The highest BCUT2D eigenvalue weighted by Gasteiger charge is 2.32. The number of nitrogens with zero attached hydrogens (tertiary/aromatic N) is 1. The van der Waals surface area contributed by atoms with Crippen LogP contribution in [0.5, 0.6) is 0 Å². The van der Waals surface area contributed by atoms with Crippen LogP contribution < -0.4 is 4.90 Å². The molecule has 0 radical (unpaired) electrons. The van der Waals surface area contributed by atoms with Crippen LogP contribution in [0.3, 0.4) is 0 Å². The lowest BCUT2D eigenvalue weighted by Crippen LogP contribution is -2.35. The first-order valence-electron chi connectivity index (χ1n) is 5.41. The van der Waals surface area contributed by atoms with E-state index < -0.39 is 18.7 Å². The molecule has 0 aliphatic heterocycles. The molecular formula is C12H14F3NO2. The first-order chi connectivity index (χ1) is 8.26. The lowest BCUT2D eigenvalue weighted by Gasteiger charge is -2.27. The zero-order chi connectivity index (χ0) is 13.9. The van der Waals surface area contributed by atoms with E-state index >= 15 is 0 Å². The third-order valence-corrected chi connectivity index (χ3v) is 2.54. The number of carboxylic acid groups (broad SMARTS) is 1. The number of hydrogen-bond acceptors (Lipinski definition) is 2. The van der Waals surface area contributed by atoms with Gasteiger partial charge in [0.2, 0.25) is 0 Å². The summed E-state index contributed by atoms with van der Waals surface area (Å²) in [5, 5.41) is 9.02. The van der Waals surface area contributed by atoms with Crippen molar-refractivity contribution in [1.29, 1.82) is 0 Å². The zero-order valence-electron chi connectivity index (χ0n) is 10.1. The van der Waals surface area contributed by atoms with E-state index in [4.69, 9.17) is 5.11 Å². The van der Waals surface area contributed by atoms with E-state index in [0.717, 1.165) is 4.90 Å². The number of rotatable bonds is 4. The molecule has 1 N–H and O–H groups in total. The van der Waals surface area contributed by atoms with Gasteiger partial charge >= 0.3 is 12.1 Å². The predicted molar refractivity (Wildman–Crippen MR) is 62.1 cm³/mol. The topological polar surface area (TPSA) is 40.5 Å². The van der Waals surface area contributed by atoms with Crippen LogP contribution in [0.25, 0.3) is 0 Å². The first kappa shape index (κ1) is 14.3. The Morgan fingerprint density at radius 3 is 2.44 bits per heavy atom. The number of anilines is 1. The van der Waals surface area contributed by atoms with Gasteiger partial charge in [-0.1, -0.05) is 12.1 Å². The van der Waals surface area contributed by atoms with E-state index in [0.29, 0.717) is 5.56 Å². The Morgan fingerprint density at radius 2 is 2.00 bits per heavy atom. The number of halogens is 3. The van der Waals surface area contributed by atoms with Gasteiger partial charge in [-0.2, -0.15) is 13.2 Å². The molecule has 0 atom stereocenters. The van der Waals surface area contributed by atoms with Gasteiger partial charge in [-0.3, -0.25) is 0 Å². The Morgan fingerprint density at radius 1 is 1.39 bits per heavy atom. The molecule has 3 nitrogen and oxygen atoms in total. The van der Waals surface area contributed by atoms with Crippen LogP contribution in [0.4, 0.5) is 18.9 Å². The number of alkyl halides is 3. The van der Waals surface area contributed by atoms with Crippen molar-refractivity contribution in [3.63, 3.8) is 0 Å². The van der Waals surface area contributed by atoms with Crippen LogP contribution in [0.2, 0.25) is 0 Å². The van der Waals surface area contributed by atoms with Crippen molar-refractivity contribution in [2.75, 3.05) is 18.0 Å². The second kappa shape index (κ2) is 5.29. The summed E-state index contributed by atoms with van der Waals surface area (Å²) in [6, 6.07) is 4.42. The fourth-order valence-electron chi connectivity index (χ4n) is 1.82. The minimum atomic E-state index is -4.37. The molecule has 0 fully saturated rings. The quantitative estimate of drug-likeness (QED) is 0.905. The molecule has 0 spiro atoms. The number of aromatic carboxylic acids is 1. The number of carbonyl (C=O) groups is 1. The maximum atomic E-state index is 12.5. The maximum Gasteiger partial charge on any atom is 0.405 e. The van der Waals surface area contributed by atoms with Crippen molar-refractivity contribution in [3.8, 4) is 0 Å². The van der Waals surface area contributed by atoms with Crippen molar-refractivity contribution in [2.24, 2.45) is 0 Å². The highest BCUT2D eigenvalue weighted by molar-refractivity contribution is 5.95. The van der Waals surface area contributed by atoms with Crippen LogP contribution in [-0.4, -0.2) is 30.3 Å². The monoisotopic (exact) mass is 261 g/mol. The maximum absolute atomic E-state index is 12.5. The summed E-state index contributed by atoms with van der Waals surface area (Å²) in [7, 11) is 0. The lowest BCUT2D eigenvalue weighted by atomic mass is 10.1. The number of aryl methyl sites for hydroxylation is 1. The van der Waals surface area contributed by atoms with E-state index in [1.165, 1.54) is 12.1 Å². The van der Waals surface area contributed by atoms with Gasteiger partial charge in [-0.25, -0.2) is 4.79 Å². The number of para-hydroxylation sites is 1. The molecule has 0 aliphatic rings. The van der Waals surface area contributed by atoms with Crippen molar-refractivity contribution in [2.45, 2.75) is 20.0 Å². The molecule has 1 rings (SSSR count). The van der Waals surface area contributed by atoms with E-state index in [-0.39, 0.29) is 17.8 Å². The van der Waals surface area contributed by atoms with Crippen molar-refractivity contribution >= 4 is 11.7 Å². The molecule has 0 bridgehead atoms. The summed E-state index contributed by atoms with van der Waals surface area (Å²) in [5.74, 6) is -1.23. The average molecular weight is 261 g/mol. The summed E-state index contributed by atoms with van der Waals surface area (Å²) in [4.78, 5) is 12.1. The predicted octanol–water partition coefficient (Wildman–Crippen LogP) is 3.08. The molecule has 0 saturated heterocycles. The van der Waals surface area contributed by atoms with E-state index in [1.807, 2.05) is 0 Å². The number of benzene rings is 1. The molecule has 0 unspecified atom stereocenters. The molecular weight excluding hydrogens is 247 g/mol. The van der Waals surface area contributed by atoms with Gasteiger partial charge in [0, 0.05) is 6.54 Å². The number of hydrogen-bond donors (Lipinski definition) is 1. The molecule has 18 heavy (non-hydrogen) atoms. The van der Waals surface area contributed by atoms with Crippen molar-refractivity contribution in [3.05, 3.63) is 29.3 Å². The normalized spacial score (nSPS) is 11.4. The van der Waals surface area contributed by atoms with Crippen LogP contribution in [0, 0.1) is 6.92 Å². The highest BCUT2D eigenvalue weighted by Crippen LogP contribution is 2.28. The first-order valence-corrected chi connectivity index (χ1v) is 5.41. The van der Waals surface area contributed by atoms with Gasteiger partial charge in [-0.15, -0.1) is 0 Å². The standard InChI is InChI=1S/C12H14F3NO2/c1-3-16(7-12(13,14)15)10-8(2)5-4-6-9(10)11(17)18/h4-6H,3,7H2,1-2H3,(H,17,18). The van der Waals surface area contributed by atoms with Gasteiger partial charge < -0.3 is 10.0 Å². The summed E-state index contributed by atoms with van der Waals surface area (Å²) in [6.45, 7) is 2.09. The smallest absolute Gasteiger partial charge is 0.405 e. The van der Waals surface area contributed by atoms with Crippen molar-refractivity contribution in [1.82, 2.24) is 0 Å². The molecule has 0 heterocycles. The van der Waals surface area contributed by atoms with Crippen LogP contribution in [0.1, 0.15) is 22.8 Å². The summed E-state index contributed by atoms with van der Waals surface area (Å²) >= 11 is 0. The highest BCUT2D eigenvalue weighted by atomic mass is 19.4. The Labute approximate surface area is 103 Å². The second-order valence-electron chi connectivity index (χ2n) is 3.91. The van der Waals surface area contributed by atoms with Gasteiger partial charge in [0.25, 0.3) is 0 Å². The average Bonchev–Trinajstić information content (AvgIpc) is 2.24. The van der Waals surface area contributed by atoms with Gasteiger partial charge in [0.15, 0.2) is 0 Å². The molecule has 0 saturated carbocycles. The minimum absolute atomic E-state index is 0.0879. The lowest BCUT2D eigenvalue weighted by molar-refractivity contribution is -0.119. The Bertz CT molecular complexity index is 443. The van der Waals surface area contributed by atoms with E-state index in [2.05, 4.69) is 0 Å². The molecule has 0 aromatic heterocycles. The fraction of sp³-hybridized carbons (Fsp3) is 0.417. The van der Waals surface area contributed by atoms with E-state index in [9.17, 15) is 18.0 Å². The minimum Gasteiger partial charge on any atom is -0.478 e. The molecule has 1 aromatic carbocycles. The summed E-state index contributed by atoms with van der Waals surface area (Å²) < 4.78 is 37.4. The van der Waals surface area contributed by atoms with Gasteiger partial charge in [-0.05, 0) is 25.5 Å². The molecule has 0 aliphatic carbocycles. The Kier molecular flexibility index (Phi) is 4.21. The number of carboxylic acids is 1. The molecule has 6 heteroatoms. The molecule has 0 amide bonds. The summed E-state index contributed by atoms with van der Waals surface area (Å²) in [5.41, 5.74) is 0.534.